The van der Waals surface area contributed by atoms with Gasteiger partial charge in [-0.3, -0.25) is 0 Å². The molecule has 4 heteroatoms. The zero-order valence-electron chi connectivity index (χ0n) is 14.3. The van der Waals surface area contributed by atoms with Gasteiger partial charge in [-0.25, -0.2) is 0 Å². The van der Waals surface area contributed by atoms with Crippen LogP contribution in [0.3, 0.4) is 0 Å². The monoisotopic (exact) mass is 360 g/mol. The van der Waals surface area contributed by atoms with Gasteiger partial charge in [0.05, 0.1) is 0 Å². The number of rotatable bonds is 6. The normalized spacial score (nSPS) is 15.6. The van der Waals surface area contributed by atoms with Crippen molar-refractivity contribution in [3.63, 3.8) is 0 Å². The van der Waals surface area contributed by atoms with Crippen molar-refractivity contribution in [2.75, 3.05) is 19.8 Å². The van der Waals surface area contributed by atoms with E-state index in [4.69, 9.17) is 8.44 Å². The molecule has 20 heavy (non-hydrogen) atoms. The summed E-state index contributed by atoms with van der Waals surface area (Å²) in [6, 6.07) is 0. The molecule has 0 aromatic carbocycles. The van der Waals surface area contributed by atoms with Gasteiger partial charge in [0.1, 0.15) is 0 Å². The van der Waals surface area contributed by atoms with Crippen LogP contribution in [-0.4, -0.2) is 19.8 Å². The molecule has 116 valence electrons. The Hall–Kier alpha value is 0.243. The first-order chi connectivity index (χ1) is 9.40. The van der Waals surface area contributed by atoms with E-state index in [-0.39, 0.29) is 0 Å². The summed E-state index contributed by atoms with van der Waals surface area (Å²) in [5.41, 5.74) is 5.87. The molecule has 3 nitrogen and oxygen atoms in total. The average Bonchev–Trinajstić information content (AvgIpc) is 2.59. The summed E-state index contributed by atoms with van der Waals surface area (Å²) in [6.45, 7) is 19.0. The molecule has 0 saturated heterocycles. The second kappa shape index (κ2) is 10.9. The summed E-state index contributed by atoms with van der Waals surface area (Å²) in [7, 11) is 0. The first-order valence-corrected chi connectivity index (χ1v) is 10.4. The van der Waals surface area contributed by atoms with Crippen molar-refractivity contribution in [1.82, 2.24) is 0 Å². The molecule has 0 spiro atoms. The first-order valence-electron chi connectivity index (χ1n) is 7.35. The van der Waals surface area contributed by atoms with Crippen LogP contribution >= 0.6 is 0 Å². The van der Waals surface area contributed by atoms with E-state index in [1.807, 2.05) is 20.8 Å². The molecule has 0 atom stereocenters. The average molecular weight is 362 g/mol. The van der Waals surface area contributed by atoms with E-state index < -0.39 is 23.1 Å². The third kappa shape index (κ3) is 6.34. The van der Waals surface area contributed by atoms with Crippen molar-refractivity contribution < 1.29 is 31.5 Å². The number of allylic oxidation sites excluding steroid dienone is 4. The molecule has 0 unspecified atom stereocenters. The maximum absolute atomic E-state index is 5.28. The Morgan fingerprint density at radius 2 is 0.900 bits per heavy atom. The van der Waals surface area contributed by atoms with Crippen LogP contribution in [0.25, 0.3) is 0 Å². The quantitative estimate of drug-likeness (QED) is 0.685. The molecular formula is C16H30O3Zr. The maximum Gasteiger partial charge on any atom is 0.0226 e. The van der Waals surface area contributed by atoms with Crippen molar-refractivity contribution in [2.24, 2.45) is 0 Å². The molecule has 0 amide bonds. The van der Waals surface area contributed by atoms with E-state index >= 15 is 0 Å². The molecule has 1 aliphatic rings. The molecule has 0 bridgehead atoms. The smallest absolute Gasteiger partial charge is 0.0226 e. The molecule has 0 fully saturated rings. The van der Waals surface area contributed by atoms with Crippen LogP contribution < -0.4 is 0 Å². The van der Waals surface area contributed by atoms with Crippen molar-refractivity contribution in [1.29, 1.82) is 0 Å². The second-order valence-electron chi connectivity index (χ2n) is 4.67. The molecule has 1 aliphatic carbocycles. The summed E-state index contributed by atoms with van der Waals surface area (Å²) in [5, 5.41) is 0. The fraction of sp³-hybridized carbons (Fsp3) is 0.688. The standard InChI is InChI=1S/C10H15.3C2H5O.Zr/c1-6-7(2)9(4)10(5)8(6)3;3*1-2-3;/h1-5H3;3*2H2,1H3;/q;3*-1;+3. The van der Waals surface area contributed by atoms with Crippen LogP contribution in [0.1, 0.15) is 55.4 Å². The van der Waals surface area contributed by atoms with Gasteiger partial charge < -0.3 is 0 Å². The Labute approximate surface area is 134 Å². The Bertz CT molecular complexity index is 309. The van der Waals surface area contributed by atoms with Crippen molar-refractivity contribution in [3.8, 4) is 0 Å². The Kier molecular flexibility index (Phi) is 11.0. The third-order valence-corrected chi connectivity index (χ3v) is 7.47. The van der Waals surface area contributed by atoms with Crippen LogP contribution in [0.15, 0.2) is 22.3 Å². The minimum atomic E-state index is -2.26. The number of hydrogen-bond donors (Lipinski definition) is 0. The summed E-state index contributed by atoms with van der Waals surface area (Å²) in [5.74, 6) is 1.47. The molecule has 0 aliphatic heterocycles. The van der Waals surface area contributed by atoms with E-state index in [1.165, 1.54) is 28.2 Å². The van der Waals surface area contributed by atoms with Gasteiger partial charge in [0.2, 0.25) is 0 Å². The minimum Gasteiger partial charge on any atom is -0.0589 e. The largest absolute Gasteiger partial charge is 0.0589 e. The third-order valence-electron chi connectivity index (χ3n) is 3.60. The molecule has 0 saturated carbocycles. The fourth-order valence-corrected chi connectivity index (χ4v) is 4.24. The molecule has 1 radical (unpaired) electrons. The van der Waals surface area contributed by atoms with Gasteiger partial charge in [-0.15, -0.1) is 0 Å². The van der Waals surface area contributed by atoms with E-state index in [1.54, 1.807) is 0 Å². The first kappa shape index (κ1) is 20.2. The van der Waals surface area contributed by atoms with Crippen molar-refractivity contribution in [2.45, 2.75) is 55.4 Å². The van der Waals surface area contributed by atoms with E-state index in [2.05, 4.69) is 34.6 Å². The van der Waals surface area contributed by atoms with E-state index in [0.29, 0.717) is 19.8 Å². The predicted molar refractivity (Wildman–Crippen MR) is 80.5 cm³/mol. The number of hydrogen-bond acceptors (Lipinski definition) is 3. The van der Waals surface area contributed by atoms with Gasteiger partial charge in [0.15, 0.2) is 0 Å². The summed E-state index contributed by atoms with van der Waals surface area (Å²) in [6.07, 6.45) is 0. The topological polar surface area (TPSA) is 27.7 Å². The van der Waals surface area contributed by atoms with Crippen LogP contribution in [0.4, 0.5) is 0 Å². The molecular weight excluding hydrogens is 331 g/mol. The SMILES string of the molecule is CC[O][Zr]([O]CC)[O]CC.C[C]1C(C)=C(C)C(C)=C1C. The second-order valence-corrected chi connectivity index (χ2v) is 8.03. The van der Waals surface area contributed by atoms with Gasteiger partial charge in [0, 0.05) is 5.92 Å². The Balaban J connectivity index is 0.000000361. The molecule has 0 aromatic heterocycles. The summed E-state index contributed by atoms with van der Waals surface area (Å²) < 4.78 is 15.8. The van der Waals surface area contributed by atoms with Gasteiger partial charge in [-0.2, -0.15) is 0 Å². The Morgan fingerprint density at radius 1 is 0.600 bits per heavy atom. The van der Waals surface area contributed by atoms with Gasteiger partial charge >= 0.3 is 72.1 Å². The van der Waals surface area contributed by atoms with Gasteiger partial charge in [-0.1, -0.05) is 18.1 Å². The summed E-state index contributed by atoms with van der Waals surface area (Å²) in [4.78, 5) is 0. The van der Waals surface area contributed by atoms with Crippen LogP contribution in [-0.2, 0) is 31.5 Å². The fourth-order valence-electron chi connectivity index (χ4n) is 1.88. The summed E-state index contributed by atoms with van der Waals surface area (Å²) >= 11 is -2.26. The van der Waals surface area contributed by atoms with Gasteiger partial charge in [0.25, 0.3) is 0 Å². The molecule has 0 heterocycles. The van der Waals surface area contributed by atoms with E-state index in [9.17, 15) is 0 Å². The van der Waals surface area contributed by atoms with Crippen LogP contribution in [0.5, 0.6) is 0 Å². The van der Waals surface area contributed by atoms with Gasteiger partial charge in [-0.05, 0) is 38.8 Å². The molecule has 1 rings (SSSR count). The zero-order chi connectivity index (χ0) is 15.7. The Morgan fingerprint density at radius 3 is 1.05 bits per heavy atom. The minimum absolute atomic E-state index is 0.703. The zero-order valence-corrected chi connectivity index (χ0v) is 16.8. The van der Waals surface area contributed by atoms with Crippen LogP contribution in [0, 0.1) is 5.92 Å². The maximum atomic E-state index is 5.28. The van der Waals surface area contributed by atoms with Crippen molar-refractivity contribution in [3.05, 3.63) is 28.2 Å². The van der Waals surface area contributed by atoms with Crippen LogP contribution in [0.2, 0.25) is 0 Å². The predicted octanol–water partition coefficient (Wildman–Crippen LogP) is 4.73. The van der Waals surface area contributed by atoms with E-state index in [0.717, 1.165) is 0 Å². The molecule has 0 N–H and O–H groups in total. The molecule has 0 aromatic rings. The van der Waals surface area contributed by atoms with Crippen molar-refractivity contribution >= 4 is 0 Å².